The van der Waals surface area contributed by atoms with Crippen LogP contribution in [-0.4, -0.2) is 76.0 Å². The molecule has 3 aromatic rings. The number of nitrogens with zero attached hydrogens (tertiary/aromatic N) is 2. The third-order valence-electron chi connectivity index (χ3n) is 10.7. The molecule has 10 nitrogen and oxygen atoms in total. The van der Waals surface area contributed by atoms with Gasteiger partial charge in [-0.25, -0.2) is 0 Å². The van der Waals surface area contributed by atoms with Gasteiger partial charge < -0.3 is 29.7 Å². The number of fused-ring (bicyclic) bond motifs is 1. The second-order valence-corrected chi connectivity index (χ2v) is 15.2. The molecular formula is C42H46BrN3O7. The summed E-state index contributed by atoms with van der Waals surface area (Å²) in [4.78, 5) is 60.1. The molecule has 11 heteroatoms. The van der Waals surface area contributed by atoms with E-state index in [-0.39, 0.29) is 36.7 Å². The first-order valence-corrected chi connectivity index (χ1v) is 18.9. The molecule has 8 atom stereocenters. The Bertz CT molecular complexity index is 1860. The van der Waals surface area contributed by atoms with Crippen molar-refractivity contribution in [3.05, 3.63) is 126 Å². The number of aliphatic hydroxyl groups is 1. The lowest BCUT2D eigenvalue weighted by Crippen LogP contribution is -2.58. The fraction of sp³-hybridized carbons (Fsp3) is 0.381. The molecule has 0 saturated carbocycles. The third-order valence-corrected chi connectivity index (χ3v) is 11.5. The molecule has 3 aliphatic heterocycles. The van der Waals surface area contributed by atoms with Crippen LogP contribution in [0.4, 0.5) is 5.69 Å². The number of allylic oxidation sites excluding steroid dienone is 1. The number of ether oxygens (including phenoxy) is 2. The average molecular weight is 785 g/mol. The molecule has 3 fully saturated rings. The van der Waals surface area contributed by atoms with Crippen LogP contribution >= 0.6 is 15.9 Å². The zero-order valence-electron chi connectivity index (χ0n) is 30.0. The molecule has 278 valence electrons. The number of rotatable bonds is 15. The average Bonchev–Trinajstić information content (AvgIpc) is 3.76. The summed E-state index contributed by atoms with van der Waals surface area (Å²) >= 11 is 3.77. The van der Waals surface area contributed by atoms with E-state index in [1.54, 1.807) is 17.1 Å². The minimum Gasteiger partial charge on any atom is -0.463 e. The van der Waals surface area contributed by atoms with Gasteiger partial charge in [0.1, 0.15) is 18.2 Å². The van der Waals surface area contributed by atoms with Crippen molar-refractivity contribution in [2.24, 2.45) is 11.8 Å². The standard InChI is InChI=1S/C42H46BrN3O7/c1-5-7-18-34(48)52-25-31(28-14-10-8-11-15-28)44-39(49)35-36-40(50)46(33(24-47)29-16-12-9-13-17-29)38(42(36)23-30(43)37(35)53-42)41(51)45(21-6-2)32-22-26(3)19-20-27(32)4/h5-6,8-17,19-20,22,30-31,33,35-38,47H,1-2,7,18,21,23-25H2,3-4H3,(H,44,49)/t30?,31-,33+,35-,36+,37-,38-,42+/m0/s1. The van der Waals surface area contributed by atoms with Crippen LogP contribution in [0.5, 0.6) is 0 Å². The van der Waals surface area contributed by atoms with Gasteiger partial charge >= 0.3 is 5.97 Å². The first kappa shape index (κ1) is 38.2. The van der Waals surface area contributed by atoms with Crippen LogP contribution in [0.1, 0.15) is 53.6 Å². The SMILES string of the molecule is C=CCCC(=O)OC[C@H](NC(=O)[C@@H]1[C@H]2O[C@@]3(CC2Br)[C@H](C(=O)N(CC=C)c2cc(C)ccc2C)N([C@H](CO)c2ccccc2)C(=O)[C@@H]13)c1ccccc1. The Balaban J connectivity index is 1.41. The topological polar surface area (TPSA) is 125 Å². The largest absolute Gasteiger partial charge is 0.463 e. The number of benzene rings is 3. The highest BCUT2D eigenvalue weighted by atomic mass is 79.9. The summed E-state index contributed by atoms with van der Waals surface area (Å²) in [5, 5.41) is 14.0. The van der Waals surface area contributed by atoms with E-state index in [1.807, 2.05) is 92.7 Å². The molecule has 6 rings (SSSR count). The van der Waals surface area contributed by atoms with E-state index >= 15 is 9.59 Å². The number of carbonyl (C=O) groups is 4. The van der Waals surface area contributed by atoms with Crippen molar-refractivity contribution in [2.75, 3.05) is 24.7 Å². The molecular weight excluding hydrogens is 738 g/mol. The second kappa shape index (κ2) is 16.2. The van der Waals surface area contributed by atoms with Gasteiger partial charge in [-0.15, -0.1) is 13.2 Å². The van der Waals surface area contributed by atoms with Crippen LogP contribution in [0.25, 0.3) is 0 Å². The maximum atomic E-state index is 15.3. The third kappa shape index (κ3) is 7.22. The van der Waals surface area contributed by atoms with Crippen LogP contribution in [-0.2, 0) is 28.7 Å². The Hall–Kier alpha value is -4.58. The number of nitrogens with one attached hydrogen (secondary N) is 1. The van der Waals surface area contributed by atoms with Crippen molar-refractivity contribution in [2.45, 2.75) is 67.8 Å². The van der Waals surface area contributed by atoms with E-state index in [1.165, 1.54) is 4.90 Å². The molecule has 3 amide bonds. The first-order chi connectivity index (χ1) is 25.6. The van der Waals surface area contributed by atoms with Crippen molar-refractivity contribution in [1.29, 1.82) is 0 Å². The number of alkyl halides is 1. The Morgan fingerprint density at radius 2 is 1.74 bits per heavy atom. The predicted octanol–water partition coefficient (Wildman–Crippen LogP) is 5.67. The lowest BCUT2D eigenvalue weighted by Gasteiger charge is -2.39. The zero-order valence-corrected chi connectivity index (χ0v) is 31.6. The molecule has 3 saturated heterocycles. The van der Waals surface area contributed by atoms with Crippen molar-refractivity contribution in [3.63, 3.8) is 0 Å². The molecule has 3 heterocycles. The summed E-state index contributed by atoms with van der Waals surface area (Å²) in [6.45, 7) is 11.0. The number of aliphatic hydroxyl groups excluding tert-OH is 1. The summed E-state index contributed by atoms with van der Waals surface area (Å²) in [6.07, 6.45) is 3.45. The van der Waals surface area contributed by atoms with Gasteiger partial charge in [-0.3, -0.25) is 19.2 Å². The molecule has 3 aromatic carbocycles. The molecule has 0 radical (unpaired) electrons. The summed E-state index contributed by atoms with van der Waals surface area (Å²) in [7, 11) is 0. The van der Waals surface area contributed by atoms with Gasteiger partial charge in [0.25, 0.3) is 5.91 Å². The lowest BCUT2D eigenvalue weighted by molar-refractivity contribution is -0.146. The highest BCUT2D eigenvalue weighted by molar-refractivity contribution is 9.09. The first-order valence-electron chi connectivity index (χ1n) is 18.0. The minimum atomic E-state index is -1.40. The summed E-state index contributed by atoms with van der Waals surface area (Å²) in [5.74, 6) is -3.74. The van der Waals surface area contributed by atoms with Crippen molar-refractivity contribution >= 4 is 45.3 Å². The maximum Gasteiger partial charge on any atom is 0.306 e. The number of likely N-dealkylation sites (tertiary alicyclic amines) is 1. The van der Waals surface area contributed by atoms with Crippen molar-refractivity contribution in [3.8, 4) is 0 Å². The minimum absolute atomic E-state index is 0.119. The van der Waals surface area contributed by atoms with Crippen molar-refractivity contribution < 1.29 is 33.8 Å². The molecule has 1 spiro atoms. The Morgan fingerprint density at radius 1 is 1.06 bits per heavy atom. The van der Waals surface area contributed by atoms with Gasteiger partial charge in [0.2, 0.25) is 11.8 Å². The number of halogens is 1. The second-order valence-electron chi connectivity index (χ2n) is 14.0. The molecule has 53 heavy (non-hydrogen) atoms. The highest BCUT2D eigenvalue weighted by Crippen LogP contribution is 2.61. The van der Waals surface area contributed by atoms with E-state index < -0.39 is 66.1 Å². The number of hydrogen-bond donors (Lipinski definition) is 2. The normalized spacial score (nSPS) is 25.3. The van der Waals surface area contributed by atoms with E-state index in [2.05, 4.69) is 34.4 Å². The summed E-state index contributed by atoms with van der Waals surface area (Å²) < 4.78 is 12.4. The number of amides is 3. The van der Waals surface area contributed by atoms with Crippen LogP contribution in [0, 0.1) is 25.7 Å². The molecule has 3 aliphatic rings. The van der Waals surface area contributed by atoms with Gasteiger partial charge in [-0.1, -0.05) is 101 Å². The van der Waals surface area contributed by atoms with Gasteiger partial charge in [-0.2, -0.15) is 0 Å². The van der Waals surface area contributed by atoms with Crippen molar-refractivity contribution in [1.82, 2.24) is 10.2 Å². The number of esters is 1. The molecule has 2 bridgehead atoms. The van der Waals surface area contributed by atoms with E-state index in [0.717, 1.165) is 16.7 Å². The van der Waals surface area contributed by atoms with Crippen LogP contribution in [0.15, 0.2) is 104 Å². The smallest absolute Gasteiger partial charge is 0.306 e. The highest BCUT2D eigenvalue weighted by Gasteiger charge is 2.77. The van der Waals surface area contributed by atoms with Crippen LogP contribution in [0.2, 0.25) is 0 Å². The van der Waals surface area contributed by atoms with E-state index in [0.29, 0.717) is 17.7 Å². The number of anilines is 1. The number of hydrogen-bond acceptors (Lipinski definition) is 7. The lowest BCUT2D eigenvalue weighted by atomic mass is 9.70. The van der Waals surface area contributed by atoms with Gasteiger partial charge in [-0.05, 0) is 55.0 Å². The predicted molar refractivity (Wildman–Crippen MR) is 205 cm³/mol. The molecule has 0 aliphatic carbocycles. The van der Waals surface area contributed by atoms with Crippen LogP contribution in [0.3, 0.4) is 0 Å². The Kier molecular flexibility index (Phi) is 11.7. The van der Waals surface area contributed by atoms with Gasteiger partial charge in [0.15, 0.2) is 0 Å². The quantitative estimate of drug-likeness (QED) is 0.116. The van der Waals surface area contributed by atoms with E-state index in [4.69, 9.17) is 9.47 Å². The summed E-state index contributed by atoms with van der Waals surface area (Å²) in [6, 6.07) is 21.3. The molecule has 1 unspecified atom stereocenters. The Morgan fingerprint density at radius 3 is 2.38 bits per heavy atom. The number of carbonyl (C=O) groups excluding carboxylic acids is 4. The zero-order chi connectivity index (χ0) is 37.9. The fourth-order valence-corrected chi connectivity index (χ4v) is 9.19. The van der Waals surface area contributed by atoms with E-state index in [9.17, 15) is 14.7 Å². The maximum absolute atomic E-state index is 15.3. The monoisotopic (exact) mass is 783 g/mol. The summed E-state index contributed by atoms with van der Waals surface area (Å²) in [5.41, 5.74) is 2.46. The Labute approximate surface area is 319 Å². The number of aryl methyl sites for hydroxylation is 2. The van der Waals surface area contributed by atoms with Gasteiger partial charge in [0.05, 0.1) is 36.6 Å². The molecule has 0 aromatic heterocycles. The molecule has 2 N–H and O–H groups in total. The van der Waals surface area contributed by atoms with Gasteiger partial charge in [0, 0.05) is 23.5 Å². The van der Waals surface area contributed by atoms with Crippen LogP contribution < -0.4 is 10.2 Å². The fourth-order valence-electron chi connectivity index (χ4n) is 8.25.